The van der Waals surface area contributed by atoms with Gasteiger partial charge in [0.1, 0.15) is 12.4 Å². The van der Waals surface area contributed by atoms with E-state index in [1.54, 1.807) is 44.5 Å². The molecule has 0 radical (unpaired) electrons. The summed E-state index contributed by atoms with van der Waals surface area (Å²) in [5.41, 5.74) is 8.62. The summed E-state index contributed by atoms with van der Waals surface area (Å²) in [6.07, 6.45) is 3.62. The van der Waals surface area contributed by atoms with Crippen LogP contribution in [0.5, 0.6) is 11.5 Å². The number of rotatable bonds is 8. The van der Waals surface area contributed by atoms with Gasteiger partial charge in [0.15, 0.2) is 17.3 Å². The highest BCUT2D eigenvalue weighted by Crippen LogP contribution is 2.38. The Morgan fingerprint density at radius 3 is 2.67 bits per heavy atom. The normalized spacial score (nSPS) is 13.8. The second kappa shape index (κ2) is 9.56. The number of pyridine rings is 1. The minimum Gasteiger partial charge on any atom is -0.493 e. The summed E-state index contributed by atoms with van der Waals surface area (Å²) >= 11 is 6.43. The molecule has 2 amide bonds. The summed E-state index contributed by atoms with van der Waals surface area (Å²) in [5, 5.41) is 13.6. The van der Waals surface area contributed by atoms with Crippen molar-refractivity contribution in [3.8, 4) is 11.5 Å². The minimum absolute atomic E-state index is 0.243. The number of urea groups is 1. The molecule has 0 atom stereocenters. The van der Waals surface area contributed by atoms with Crippen LogP contribution in [0, 0.1) is 6.92 Å². The number of ether oxygens (including phenoxy) is 2. The van der Waals surface area contributed by atoms with E-state index in [0.29, 0.717) is 40.4 Å². The number of nitrogens with two attached hydrogens (primary N) is 1. The Morgan fingerprint density at radius 2 is 1.97 bits per heavy atom. The highest BCUT2D eigenvalue weighted by molar-refractivity contribution is 6.34. The van der Waals surface area contributed by atoms with Crippen molar-refractivity contribution in [1.82, 2.24) is 10.1 Å². The smallest absolute Gasteiger partial charge is 0.324 e. The molecule has 0 spiro atoms. The Labute approximate surface area is 212 Å². The fourth-order valence-electron chi connectivity index (χ4n) is 3.61. The first-order valence-corrected chi connectivity index (χ1v) is 11.7. The third-order valence-corrected chi connectivity index (χ3v) is 6.11. The lowest BCUT2D eigenvalue weighted by molar-refractivity contribution is 0.262. The molecule has 1 fully saturated rings. The van der Waals surface area contributed by atoms with Crippen molar-refractivity contribution < 1.29 is 18.8 Å². The largest absolute Gasteiger partial charge is 0.493 e. The SMILES string of the molecule is COc1cc2c(Nc3ccc(NC(=O)Nc4cc(C)on4)c(Cl)c3)ccnc2cc1OCC1(N)CC1. The molecule has 2 heterocycles. The summed E-state index contributed by atoms with van der Waals surface area (Å²) in [6, 6.07) is 11.9. The molecule has 5 rings (SSSR count). The molecular formula is C25H25ClN6O4. The van der Waals surface area contributed by atoms with E-state index in [-0.39, 0.29) is 5.54 Å². The Morgan fingerprint density at radius 1 is 1.14 bits per heavy atom. The van der Waals surface area contributed by atoms with E-state index in [0.717, 1.165) is 35.1 Å². The number of carbonyl (C=O) groups is 1. The van der Waals surface area contributed by atoms with Gasteiger partial charge in [-0.1, -0.05) is 16.8 Å². The maximum absolute atomic E-state index is 12.2. The number of aryl methyl sites for hydroxylation is 1. The molecule has 1 aliphatic carbocycles. The molecule has 36 heavy (non-hydrogen) atoms. The average Bonchev–Trinajstić information content (AvgIpc) is 3.46. The van der Waals surface area contributed by atoms with E-state index in [4.69, 9.17) is 31.3 Å². The Balaban J connectivity index is 1.32. The lowest BCUT2D eigenvalue weighted by atomic mass is 10.1. The van der Waals surface area contributed by atoms with Crippen molar-refractivity contribution >= 4 is 51.4 Å². The highest BCUT2D eigenvalue weighted by atomic mass is 35.5. The monoisotopic (exact) mass is 508 g/mol. The first-order chi connectivity index (χ1) is 17.3. The molecule has 10 nitrogen and oxygen atoms in total. The van der Waals surface area contributed by atoms with Gasteiger partial charge >= 0.3 is 6.03 Å². The molecular weight excluding hydrogens is 484 g/mol. The summed E-state index contributed by atoms with van der Waals surface area (Å²) in [5.74, 6) is 2.09. The van der Waals surface area contributed by atoms with Crippen LogP contribution in [0.1, 0.15) is 18.6 Å². The van der Waals surface area contributed by atoms with Crippen LogP contribution < -0.4 is 31.2 Å². The first kappa shape index (κ1) is 23.7. The van der Waals surface area contributed by atoms with E-state index >= 15 is 0 Å². The number of hydrogen-bond acceptors (Lipinski definition) is 8. The Kier molecular flexibility index (Phi) is 6.29. The Bertz CT molecular complexity index is 1440. The van der Waals surface area contributed by atoms with Gasteiger partial charge in [0.25, 0.3) is 0 Å². The fourth-order valence-corrected chi connectivity index (χ4v) is 3.83. The van der Waals surface area contributed by atoms with Gasteiger partial charge in [-0.3, -0.25) is 10.3 Å². The number of halogens is 1. The molecule has 186 valence electrons. The summed E-state index contributed by atoms with van der Waals surface area (Å²) < 4.78 is 16.4. The van der Waals surface area contributed by atoms with Gasteiger partial charge in [-0.15, -0.1) is 0 Å². The van der Waals surface area contributed by atoms with Crippen LogP contribution in [-0.2, 0) is 0 Å². The maximum atomic E-state index is 12.2. The van der Waals surface area contributed by atoms with Gasteiger partial charge in [-0.2, -0.15) is 0 Å². The minimum atomic E-state index is -0.488. The molecule has 0 unspecified atom stereocenters. The van der Waals surface area contributed by atoms with E-state index in [1.165, 1.54) is 0 Å². The standard InChI is InChI=1S/C25H25ClN6O4/c1-14-9-23(32-36-14)31-24(33)30-19-4-3-15(10-17(19)26)29-18-5-8-28-20-12-22(21(34-2)11-16(18)20)35-13-25(27)6-7-25/h3-5,8-12H,6-7,13,27H2,1-2H3,(H,28,29)(H2,30,31,32,33). The first-order valence-electron chi connectivity index (χ1n) is 11.3. The van der Waals surface area contributed by atoms with Crippen LogP contribution in [0.4, 0.5) is 27.7 Å². The van der Waals surface area contributed by atoms with Gasteiger partial charge in [0, 0.05) is 35.1 Å². The maximum Gasteiger partial charge on any atom is 0.324 e. The van der Waals surface area contributed by atoms with Gasteiger partial charge in [0.05, 0.1) is 28.9 Å². The summed E-state index contributed by atoms with van der Waals surface area (Å²) in [7, 11) is 1.60. The van der Waals surface area contributed by atoms with Crippen LogP contribution in [0.25, 0.3) is 10.9 Å². The zero-order chi connectivity index (χ0) is 25.3. The van der Waals surface area contributed by atoms with Crippen molar-refractivity contribution in [2.24, 2.45) is 5.73 Å². The lowest BCUT2D eigenvalue weighted by Gasteiger charge is -2.16. The number of methoxy groups -OCH3 is 1. The van der Waals surface area contributed by atoms with Crippen LogP contribution in [0.15, 0.2) is 53.2 Å². The number of anilines is 4. The molecule has 2 aromatic heterocycles. The second-order valence-corrected chi connectivity index (χ2v) is 9.16. The van der Waals surface area contributed by atoms with Crippen molar-refractivity contribution in [2.75, 3.05) is 29.7 Å². The number of aromatic nitrogens is 2. The van der Waals surface area contributed by atoms with Crippen molar-refractivity contribution in [3.63, 3.8) is 0 Å². The third kappa shape index (κ3) is 5.29. The molecule has 5 N–H and O–H groups in total. The summed E-state index contributed by atoms with van der Waals surface area (Å²) in [6.45, 7) is 2.17. The Hall–Kier alpha value is -4.02. The van der Waals surface area contributed by atoms with E-state index in [2.05, 4.69) is 26.1 Å². The molecule has 0 saturated heterocycles. The number of benzene rings is 2. The molecule has 1 saturated carbocycles. The van der Waals surface area contributed by atoms with Crippen LogP contribution >= 0.6 is 11.6 Å². The number of hydrogen-bond donors (Lipinski definition) is 4. The third-order valence-electron chi connectivity index (χ3n) is 5.80. The van der Waals surface area contributed by atoms with E-state index < -0.39 is 6.03 Å². The van der Waals surface area contributed by atoms with Gasteiger partial charge < -0.3 is 30.4 Å². The summed E-state index contributed by atoms with van der Waals surface area (Å²) in [4.78, 5) is 16.7. The van der Waals surface area contributed by atoms with E-state index in [9.17, 15) is 4.79 Å². The number of nitrogens with zero attached hydrogens (tertiary/aromatic N) is 2. The van der Waals surface area contributed by atoms with Crippen LogP contribution in [-0.4, -0.2) is 35.4 Å². The van der Waals surface area contributed by atoms with Crippen molar-refractivity contribution in [2.45, 2.75) is 25.3 Å². The number of amides is 2. The van der Waals surface area contributed by atoms with Crippen LogP contribution in [0.3, 0.4) is 0 Å². The zero-order valence-corrected chi connectivity index (χ0v) is 20.5. The second-order valence-electron chi connectivity index (χ2n) is 8.75. The lowest BCUT2D eigenvalue weighted by Crippen LogP contribution is -2.29. The zero-order valence-electron chi connectivity index (χ0n) is 19.7. The number of carbonyl (C=O) groups excluding carboxylic acids is 1. The fraction of sp³-hybridized carbons (Fsp3) is 0.240. The highest BCUT2D eigenvalue weighted by Gasteiger charge is 2.39. The van der Waals surface area contributed by atoms with Crippen LogP contribution in [0.2, 0.25) is 5.02 Å². The predicted octanol–water partition coefficient (Wildman–Crippen LogP) is 5.45. The quantitative estimate of drug-likeness (QED) is 0.246. The molecule has 2 aromatic carbocycles. The molecule has 4 aromatic rings. The molecule has 11 heteroatoms. The predicted molar refractivity (Wildman–Crippen MR) is 139 cm³/mol. The van der Waals surface area contributed by atoms with E-state index in [1.807, 2.05) is 18.2 Å². The van der Waals surface area contributed by atoms with Gasteiger partial charge in [0.2, 0.25) is 0 Å². The molecule has 1 aliphatic rings. The van der Waals surface area contributed by atoms with Crippen molar-refractivity contribution in [1.29, 1.82) is 0 Å². The molecule has 0 bridgehead atoms. The molecule has 0 aliphatic heterocycles. The van der Waals surface area contributed by atoms with Crippen molar-refractivity contribution in [3.05, 3.63) is 59.4 Å². The van der Waals surface area contributed by atoms with Gasteiger partial charge in [-0.25, -0.2) is 4.79 Å². The number of nitrogens with one attached hydrogen (secondary N) is 3. The number of fused-ring (bicyclic) bond motifs is 1. The topological polar surface area (TPSA) is 137 Å². The van der Waals surface area contributed by atoms with Gasteiger partial charge in [-0.05, 0) is 50.1 Å². The average molecular weight is 509 g/mol.